The molecule has 0 saturated carbocycles. The zero-order valence-electron chi connectivity index (χ0n) is 10.0. The van der Waals surface area contributed by atoms with Crippen molar-refractivity contribution < 1.29 is 14.6 Å². The average molecular weight is 261 g/mol. The van der Waals surface area contributed by atoms with E-state index in [9.17, 15) is 9.59 Å². The van der Waals surface area contributed by atoms with Gasteiger partial charge in [-0.15, -0.1) is 0 Å². The normalized spacial score (nSPS) is 9.95. The molecule has 7 heteroatoms. The van der Waals surface area contributed by atoms with Crippen LogP contribution in [0.5, 0.6) is 5.75 Å². The Morgan fingerprint density at radius 3 is 2.89 bits per heavy atom. The number of ether oxygens (including phenoxy) is 1. The third-order valence-corrected chi connectivity index (χ3v) is 2.37. The van der Waals surface area contributed by atoms with Gasteiger partial charge in [0.2, 0.25) is 0 Å². The molecule has 0 unspecified atom stereocenters. The first kappa shape index (κ1) is 12.6. The Hall–Kier alpha value is -2.83. The first-order valence-corrected chi connectivity index (χ1v) is 5.34. The number of nitrogens with one attached hydrogen (secondary N) is 2. The Bertz CT molecular complexity index is 666. The highest BCUT2D eigenvalue weighted by Gasteiger charge is 2.12. The summed E-state index contributed by atoms with van der Waals surface area (Å²) in [5.74, 6) is -0.560. The number of aromatic amines is 1. The maximum Gasteiger partial charge on any atom is 0.339 e. The van der Waals surface area contributed by atoms with Crippen molar-refractivity contribution in [3.8, 4) is 5.75 Å². The molecule has 0 atom stereocenters. The number of aromatic carboxylic acids is 1. The Balaban J connectivity index is 2.37. The van der Waals surface area contributed by atoms with Crippen LogP contribution in [0.4, 0.5) is 11.5 Å². The number of hydrogen-bond donors (Lipinski definition) is 3. The predicted molar refractivity (Wildman–Crippen MR) is 68.1 cm³/mol. The summed E-state index contributed by atoms with van der Waals surface area (Å²) in [6.07, 6.45) is 0. The predicted octanol–water partition coefficient (Wildman–Crippen LogP) is 1.22. The van der Waals surface area contributed by atoms with Gasteiger partial charge < -0.3 is 15.2 Å². The summed E-state index contributed by atoms with van der Waals surface area (Å²) in [6.45, 7) is 0. The Kier molecular flexibility index (Phi) is 3.46. The number of carboxylic acids is 1. The number of aromatic nitrogens is 2. The molecule has 0 spiro atoms. The fourth-order valence-corrected chi connectivity index (χ4v) is 1.50. The lowest BCUT2D eigenvalue weighted by Crippen LogP contribution is -2.14. The minimum absolute atomic E-state index is 0.0559. The van der Waals surface area contributed by atoms with E-state index in [0.717, 1.165) is 6.07 Å². The van der Waals surface area contributed by atoms with E-state index < -0.39 is 11.5 Å². The molecule has 2 rings (SSSR count). The molecule has 0 bridgehead atoms. The van der Waals surface area contributed by atoms with Crippen molar-refractivity contribution in [3.63, 3.8) is 0 Å². The summed E-state index contributed by atoms with van der Waals surface area (Å²) in [6, 6.07) is 7.87. The quantitative estimate of drug-likeness (QED) is 0.764. The van der Waals surface area contributed by atoms with E-state index in [2.05, 4.69) is 15.5 Å². The standard InChI is InChI=1S/C12H11N3O4/c1-19-8-4-2-3-7(5-8)13-11-9(12(17)18)6-10(16)14-15-11/h2-6H,1H3,(H,13,15)(H,14,16)(H,17,18). The molecule has 0 aliphatic heterocycles. The number of nitrogens with zero attached hydrogens (tertiary/aromatic N) is 1. The fraction of sp³-hybridized carbons (Fsp3) is 0.0833. The number of hydrogen-bond acceptors (Lipinski definition) is 5. The molecule has 0 amide bonds. The molecule has 1 aromatic carbocycles. The number of anilines is 2. The zero-order chi connectivity index (χ0) is 13.8. The van der Waals surface area contributed by atoms with Crippen LogP contribution in [0.25, 0.3) is 0 Å². The van der Waals surface area contributed by atoms with E-state index in [1.807, 2.05) is 0 Å². The first-order valence-electron chi connectivity index (χ1n) is 5.34. The minimum Gasteiger partial charge on any atom is -0.497 e. The molecule has 0 aliphatic rings. The van der Waals surface area contributed by atoms with Gasteiger partial charge in [0.25, 0.3) is 5.56 Å². The van der Waals surface area contributed by atoms with Crippen molar-refractivity contribution in [2.75, 3.05) is 12.4 Å². The van der Waals surface area contributed by atoms with Gasteiger partial charge in [0.05, 0.1) is 7.11 Å². The van der Waals surface area contributed by atoms with Gasteiger partial charge in [0, 0.05) is 17.8 Å². The maximum absolute atomic E-state index is 11.1. The lowest BCUT2D eigenvalue weighted by molar-refractivity contribution is 0.0697. The van der Waals surface area contributed by atoms with Crippen molar-refractivity contribution in [3.05, 3.63) is 46.2 Å². The maximum atomic E-state index is 11.1. The van der Waals surface area contributed by atoms with Gasteiger partial charge in [-0.05, 0) is 12.1 Å². The van der Waals surface area contributed by atoms with Crippen LogP contribution < -0.4 is 15.6 Å². The molecule has 2 aromatic rings. The Morgan fingerprint density at radius 1 is 1.42 bits per heavy atom. The van der Waals surface area contributed by atoms with Gasteiger partial charge >= 0.3 is 5.97 Å². The topological polar surface area (TPSA) is 104 Å². The van der Waals surface area contributed by atoms with Crippen molar-refractivity contribution >= 4 is 17.5 Å². The van der Waals surface area contributed by atoms with Gasteiger partial charge in [-0.2, -0.15) is 5.10 Å². The summed E-state index contributed by atoms with van der Waals surface area (Å²) in [5, 5.41) is 17.7. The highest BCUT2D eigenvalue weighted by atomic mass is 16.5. The highest BCUT2D eigenvalue weighted by Crippen LogP contribution is 2.21. The number of benzene rings is 1. The molecule has 3 N–H and O–H groups in total. The van der Waals surface area contributed by atoms with Gasteiger partial charge in [0.1, 0.15) is 11.3 Å². The molecule has 0 saturated heterocycles. The summed E-state index contributed by atoms with van der Waals surface area (Å²) >= 11 is 0. The van der Waals surface area contributed by atoms with E-state index in [4.69, 9.17) is 9.84 Å². The zero-order valence-corrected chi connectivity index (χ0v) is 10.0. The molecule has 0 fully saturated rings. The van der Waals surface area contributed by atoms with E-state index in [1.54, 1.807) is 24.3 Å². The number of carbonyl (C=O) groups is 1. The third-order valence-electron chi connectivity index (χ3n) is 2.37. The van der Waals surface area contributed by atoms with Crippen LogP contribution in [-0.2, 0) is 0 Å². The molecule has 19 heavy (non-hydrogen) atoms. The van der Waals surface area contributed by atoms with Gasteiger partial charge in [0.15, 0.2) is 5.82 Å². The Labute approximate surface area is 107 Å². The van der Waals surface area contributed by atoms with Crippen LogP contribution >= 0.6 is 0 Å². The lowest BCUT2D eigenvalue weighted by atomic mass is 10.2. The summed E-state index contributed by atoms with van der Waals surface area (Å²) in [5.41, 5.74) is -0.179. The summed E-state index contributed by atoms with van der Waals surface area (Å²) in [7, 11) is 1.53. The van der Waals surface area contributed by atoms with E-state index in [-0.39, 0.29) is 11.4 Å². The van der Waals surface area contributed by atoms with Crippen LogP contribution in [0.15, 0.2) is 35.1 Å². The summed E-state index contributed by atoms with van der Waals surface area (Å²) in [4.78, 5) is 22.1. The van der Waals surface area contributed by atoms with Crippen molar-refractivity contribution in [2.24, 2.45) is 0 Å². The van der Waals surface area contributed by atoms with Crippen molar-refractivity contribution in [1.29, 1.82) is 0 Å². The van der Waals surface area contributed by atoms with Crippen LogP contribution in [-0.4, -0.2) is 28.4 Å². The van der Waals surface area contributed by atoms with E-state index in [1.165, 1.54) is 7.11 Å². The largest absolute Gasteiger partial charge is 0.497 e. The number of H-pyrrole nitrogens is 1. The van der Waals surface area contributed by atoms with Crippen LogP contribution in [0.3, 0.4) is 0 Å². The lowest BCUT2D eigenvalue weighted by Gasteiger charge is -2.08. The van der Waals surface area contributed by atoms with Crippen LogP contribution in [0.2, 0.25) is 0 Å². The third kappa shape index (κ3) is 2.89. The molecule has 98 valence electrons. The molecule has 1 heterocycles. The fourth-order valence-electron chi connectivity index (χ4n) is 1.50. The van der Waals surface area contributed by atoms with Crippen LogP contribution in [0, 0.1) is 0 Å². The molecule has 0 aliphatic carbocycles. The second-order valence-corrected chi connectivity index (χ2v) is 3.66. The number of methoxy groups -OCH3 is 1. The summed E-state index contributed by atoms with van der Waals surface area (Å²) < 4.78 is 5.05. The average Bonchev–Trinajstić information content (AvgIpc) is 2.41. The van der Waals surface area contributed by atoms with Crippen molar-refractivity contribution in [1.82, 2.24) is 10.2 Å². The van der Waals surface area contributed by atoms with Gasteiger partial charge in [-0.1, -0.05) is 6.07 Å². The SMILES string of the molecule is COc1cccc(Nc2n[nH]c(=O)cc2C(=O)O)c1. The highest BCUT2D eigenvalue weighted by molar-refractivity contribution is 5.93. The second-order valence-electron chi connectivity index (χ2n) is 3.66. The number of carboxylic acid groups (broad SMARTS) is 1. The van der Waals surface area contributed by atoms with Crippen LogP contribution in [0.1, 0.15) is 10.4 Å². The molecule has 1 aromatic heterocycles. The molecular formula is C12H11N3O4. The molecule has 7 nitrogen and oxygen atoms in total. The molecular weight excluding hydrogens is 250 g/mol. The second kappa shape index (κ2) is 5.21. The minimum atomic E-state index is -1.23. The van der Waals surface area contributed by atoms with E-state index >= 15 is 0 Å². The smallest absolute Gasteiger partial charge is 0.339 e. The van der Waals surface area contributed by atoms with Gasteiger partial charge in [-0.25, -0.2) is 9.89 Å². The first-order chi connectivity index (χ1) is 9.10. The monoisotopic (exact) mass is 261 g/mol. The number of rotatable bonds is 4. The molecule has 0 radical (unpaired) electrons. The van der Waals surface area contributed by atoms with Gasteiger partial charge in [-0.3, -0.25) is 4.79 Å². The Morgan fingerprint density at radius 2 is 2.21 bits per heavy atom. The van der Waals surface area contributed by atoms with E-state index in [0.29, 0.717) is 11.4 Å². The van der Waals surface area contributed by atoms with Crippen molar-refractivity contribution in [2.45, 2.75) is 0 Å².